The van der Waals surface area contributed by atoms with E-state index < -0.39 is 0 Å². The van der Waals surface area contributed by atoms with E-state index >= 15 is 0 Å². The minimum absolute atomic E-state index is 0.873. The molecule has 0 radical (unpaired) electrons. The summed E-state index contributed by atoms with van der Waals surface area (Å²) in [7, 11) is 0. The van der Waals surface area contributed by atoms with Crippen LogP contribution < -0.4 is 4.90 Å². The Hall–Kier alpha value is -0.210. The Morgan fingerprint density at radius 2 is 1.72 bits per heavy atom. The van der Waals surface area contributed by atoms with Gasteiger partial charge in [-0.05, 0) is 55.2 Å². The van der Waals surface area contributed by atoms with Gasteiger partial charge in [0.15, 0.2) is 0 Å². The lowest BCUT2D eigenvalue weighted by Crippen LogP contribution is -2.28. The summed E-state index contributed by atoms with van der Waals surface area (Å²) in [6.07, 6.45) is 5.60. The third kappa shape index (κ3) is 3.21. The zero-order valence-corrected chi connectivity index (χ0v) is 12.9. The lowest BCUT2D eigenvalue weighted by atomic mass is 10.2. The molecule has 0 unspecified atom stereocenters. The molecule has 1 aromatic rings. The number of hydrogen-bond donors (Lipinski definition) is 0. The second kappa shape index (κ2) is 5.42. The van der Waals surface area contributed by atoms with Crippen LogP contribution in [0.15, 0.2) is 18.2 Å². The Labute approximate surface area is 123 Å². The van der Waals surface area contributed by atoms with Crippen LogP contribution in [0.4, 0.5) is 5.69 Å². The maximum atomic E-state index is 6.45. The standard InChI is InChI=1S/C15H19BrClN/c16-8-13-5-6-15(14(17)7-13)18(9-11-1-2-11)10-12-3-4-12/h5-7,11-12H,1-4,8-10H2. The molecule has 0 heterocycles. The van der Waals surface area contributed by atoms with Crippen molar-refractivity contribution in [1.82, 2.24) is 0 Å². The molecule has 3 rings (SSSR count). The molecule has 0 spiro atoms. The zero-order chi connectivity index (χ0) is 12.5. The molecule has 0 saturated heterocycles. The summed E-state index contributed by atoms with van der Waals surface area (Å²) in [5.74, 6) is 1.83. The van der Waals surface area contributed by atoms with Crippen molar-refractivity contribution in [2.24, 2.45) is 11.8 Å². The van der Waals surface area contributed by atoms with E-state index in [4.69, 9.17) is 11.6 Å². The average molecular weight is 329 g/mol. The van der Waals surface area contributed by atoms with Gasteiger partial charge in [0.05, 0.1) is 10.7 Å². The molecule has 2 aliphatic rings. The molecule has 3 heteroatoms. The zero-order valence-electron chi connectivity index (χ0n) is 10.5. The van der Waals surface area contributed by atoms with Gasteiger partial charge < -0.3 is 4.90 Å². The lowest BCUT2D eigenvalue weighted by Gasteiger charge is -2.26. The van der Waals surface area contributed by atoms with Crippen molar-refractivity contribution in [2.75, 3.05) is 18.0 Å². The van der Waals surface area contributed by atoms with Gasteiger partial charge in [-0.1, -0.05) is 33.6 Å². The lowest BCUT2D eigenvalue weighted by molar-refractivity contribution is 0.679. The largest absolute Gasteiger partial charge is 0.370 e. The van der Waals surface area contributed by atoms with E-state index in [2.05, 4.69) is 39.0 Å². The molecule has 98 valence electrons. The summed E-state index contributed by atoms with van der Waals surface area (Å²) in [6, 6.07) is 6.48. The molecular formula is C15H19BrClN. The van der Waals surface area contributed by atoms with Crippen molar-refractivity contribution >= 4 is 33.2 Å². The van der Waals surface area contributed by atoms with Crippen LogP contribution in [-0.2, 0) is 5.33 Å². The van der Waals surface area contributed by atoms with Gasteiger partial charge in [0.25, 0.3) is 0 Å². The van der Waals surface area contributed by atoms with Gasteiger partial charge in [0.2, 0.25) is 0 Å². The first kappa shape index (κ1) is 12.8. The molecule has 0 atom stereocenters. The van der Waals surface area contributed by atoms with Crippen LogP contribution in [0.5, 0.6) is 0 Å². The molecule has 2 fully saturated rings. The number of rotatable bonds is 6. The topological polar surface area (TPSA) is 3.24 Å². The molecule has 18 heavy (non-hydrogen) atoms. The Bertz CT molecular complexity index is 413. The summed E-state index contributed by atoms with van der Waals surface area (Å²) < 4.78 is 0. The fourth-order valence-corrected chi connectivity index (χ4v) is 3.06. The number of nitrogens with zero attached hydrogens (tertiary/aromatic N) is 1. The SMILES string of the molecule is Clc1cc(CBr)ccc1N(CC1CC1)CC1CC1. The monoisotopic (exact) mass is 327 g/mol. The van der Waals surface area contributed by atoms with Crippen LogP contribution in [-0.4, -0.2) is 13.1 Å². The second-order valence-corrected chi connectivity index (χ2v) is 6.68. The highest BCUT2D eigenvalue weighted by Crippen LogP contribution is 2.38. The van der Waals surface area contributed by atoms with Crippen LogP contribution in [0.2, 0.25) is 5.02 Å². The number of alkyl halides is 1. The van der Waals surface area contributed by atoms with E-state index in [1.54, 1.807) is 0 Å². The van der Waals surface area contributed by atoms with Crippen molar-refractivity contribution in [3.8, 4) is 0 Å². The molecule has 1 nitrogen and oxygen atoms in total. The van der Waals surface area contributed by atoms with E-state index in [1.807, 2.05) is 0 Å². The third-order valence-electron chi connectivity index (χ3n) is 3.86. The van der Waals surface area contributed by atoms with E-state index in [-0.39, 0.29) is 0 Å². The first-order valence-electron chi connectivity index (χ1n) is 6.85. The highest BCUT2D eigenvalue weighted by Gasteiger charge is 2.30. The normalized spacial score (nSPS) is 19.0. The van der Waals surface area contributed by atoms with Gasteiger partial charge in [0.1, 0.15) is 0 Å². The van der Waals surface area contributed by atoms with Crippen LogP contribution in [0.3, 0.4) is 0 Å². The average Bonchev–Trinajstić information content (AvgIpc) is 3.23. The van der Waals surface area contributed by atoms with Gasteiger partial charge in [0, 0.05) is 18.4 Å². The van der Waals surface area contributed by atoms with Crippen LogP contribution in [0.1, 0.15) is 31.2 Å². The molecule has 0 N–H and O–H groups in total. The highest BCUT2D eigenvalue weighted by atomic mass is 79.9. The number of benzene rings is 1. The van der Waals surface area contributed by atoms with Gasteiger partial charge in [-0.15, -0.1) is 0 Å². The van der Waals surface area contributed by atoms with E-state index in [0.717, 1.165) is 22.2 Å². The summed E-state index contributed by atoms with van der Waals surface area (Å²) >= 11 is 9.93. The van der Waals surface area contributed by atoms with Gasteiger partial charge in [-0.25, -0.2) is 0 Å². The molecule has 0 bridgehead atoms. The van der Waals surface area contributed by atoms with Crippen LogP contribution in [0, 0.1) is 11.8 Å². The molecule has 2 saturated carbocycles. The second-order valence-electron chi connectivity index (χ2n) is 5.71. The molecule has 0 aromatic heterocycles. The van der Waals surface area contributed by atoms with Gasteiger partial charge in [-0.2, -0.15) is 0 Å². The maximum absolute atomic E-state index is 6.45. The number of hydrogen-bond acceptors (Lipinski definition) is 1. The number of anilines is 1. The molecule has 1 aromatic carbocycles. The molecule has 0 amide bonds. The van der Waals surface area contributed by atoms with E-state index in [0.29, 0.717) is 0 Å². The smallest absolute Gasteiger partial charge is 0.0642 e. The summed E-state index contributed by atoms with van der Waals surface area (Å²) in [5, 5.41) is 1.78. The minimum Gasteiger partial charge on any atom is -0.370 e. The van der Waals surface area contributed by atoms with E-state index in [9.17, 15) is 0 Å². The quantitative estimate of drug-likeness (QED) is 0.674. The maximum Gasteiger partial charge on any atom is 0.0642 e. The predicted molar refractivity (Wildman–Crippen MR) is 81.7 cm³/mol. The first-order valence-corrected chi connectivity index (χ1v) is 8.35. The van der Waals surface area contributed by atoms with Crippen molar-refractivity contribution in [2.45, 2.75) is 31.0 Å². The molecule has 0 aliphatic heterocycles. The Kier molecular flexibility index (Phi) is 3.86. The minimum atomic E-state index is 0.873. The molecular weight excluding hydrogens is 310 g/mol. The fourth-order valence-electron chi connectivity index (χ4n) is 2.39. The van der Waals surface area contributed by atoms with Gasteiger partial charge >= 0.3 is 0 Å². The first-order chi connectivity index (χ1) is 8.76. The fraction of sp³-hybridized carbons (Fsp3) is 0.600. The molecule has 2 aliphatic carbocycles. The van der Waals surface area contributed by atoms with Crippen molar-refractivity contribution in [1.29, 1.82) is 0 Å². The van der Waals surface area contributed by atoms with Crippen molar-refractivity contribution < 1.29 is 0 Å². The summed E-state index contributed by atoms with van der Waals surface area (Å²) in [6.45, 7) is 2.40. The Morgan fingerprint density at radius 1 is 1.11 bits per heavy atom. The third-order valence-corrected chi connectivity index (χ3v) is 4.81. The van der Waals surface area contributed by atoms with Crippen molar-refractivity contribution in [3.63, 3.8) is 0 Å². The number of halogens is 2. The van der Waals surface area contributed by atoms with Crippen LogP contribution >= 0.6 is 27.5 Å². The van der Waals surface area contributed by atoms with E-state index in [1.165, 1.54) is 50.0 Å². The predicted octanol–water partition coefficient (Wildman–Crippen LogP) is 4.86. The Balaban J connectivity index is 1.77. The van der Waals surface area contributed by atoms with Crippen LogP contribution in [0.25, 0.3) is 0 Å². The summed E-state index contributed by atoms with van der Waals surface area (Å²) in [5.41, 5.74) is 2.49. The van der Waals surface area contributed by atoms with Crippen molar-refractivity contribution in [3.05, 3.63) is 28.8 Å². The highest BCUT2D eigenvalue weighted by molar-refractivity contribution is 9.08. The van der Waals surface area contributed by atoms with Gasteiger partial charge in [-0.3, -0.25) is 0 Å². The summed E-state index contributed by atoms with van der Waals surface area (Å²) in [4.78, 5) is 2.52. The Morgan fingerprint density at radius 3 is 2.17 bits per heavy atom.